The second kappa shape index (κ2) is 5.53. The molecule has 2 amide bonds. The van der Waals surface area contributed by atoms with Gasteiger partial charge in [-0.2, -0.15) is 8.42 Å². The van der Waals surface area contributed by atoms with E-state index in [1.54, 1.807) is 6.07 Å². The summed E-state index contributed by atoms with van der Waals surface area (Å²) in [4.78, 5) is 37.1. The molecule has 1 atom stereocenters. The summed E-state index contributed by atoms with van der Waals surface area (Å²) in [6.45, 7) is 0. The number of nitrogens with two attached hydrogens (primary N) is 1. The Labute approximate surface area is 141 Å². The third-order valence-corrected chi connectivity index (χ3v) is 4.67. The predicted molar refractivity (Wildman–Crippen MR) is 86.7 cm³/mol. The van der Waals surface area contributed by atoms with Crippen LogP contribution in [0.3, 0.4) is 0 Å². The molecule has 0 saturated heterocycles. The van der Waals surface area contributed by atoms with Crippen molar-refractivity contribution in [1.29, 1.82) is 0 Å². The second-order valence-electron chi connectivity index (χ2n) is 5.51. The van der Waals surface area contributed by atoms with Gasteiger partial charge in [0.25, 0.3) is 21.9 Å². The van der Waals surface area contributed by atoms with E-state index in [-0.39, 0.29) is 16.5 Å². The molecule has 1 aliphatic heterocycles. The minimum absolute atomic E-state index is 0.0287. The number of rotatable bonds is 4. The van der Waals surface area contributed by atoms with Crippen LogP contribution in [0.1, 0.15) is 20.7 Å². The van der Waals surface area contributed by atoms with Crippen LogP contribution in [-0.4, -0.2) is 52.6 Å². The number of aliphatic carboxylic acids is 1. The quantitative estimate of drug-likeness (QED) is 0.399. The maximum atomic E-state index is 12.7. The van der Waals surface area contributed by atoms with Gasteiger partial charge in [-0.05, 0) is 18.2 Å². The average Bonchev–Trinajstić information content (AvgIpc) is 2.51. The molecule has 0 aliphatic carbocycles. The summed E-state index contributed by atoms with van der Waals surface area (Å²) in [6, 6.07) is 5.24. The van der Waals surface area contributed by atoms with Gasteiger partial charge in [0.2, 0.25) is 0 Å². The largest absolute Gasteiger partial charge is 0.480 e. The SMILES string of the molecule is Nc1ccc2c3c(cccc13)C(=O)N(C(CS(=O)(=O)O)C(=O)O)C2=O. The van der Waals surface area contributed by atoms with Gasteiger partial charge < -0.3 is 10.8 Å². The van der Waals surface area contributed by atoms with Crippen LogP contribution in [0.2, 0.25) is 0 Å². The number of imide groups is 1. The van der Waals surface area contributed by atoms with Crippen molar-refractivity contribution in [2.24, 2.45) is 0 Å². The summed E-state index contributed by atoms with van der Waals surface area (Å²) in [5.74, 6) is -4.97. The zero-order valence-electron chi connectivity index (χ0n) is 12.5. The number of carboxylic acids is 1. The van der Waals surface area contributed by atoms with Crippen molar-refractivity contribution < 1.29 is 32.5 Å². The zero-order chi connectivity index (χ0) is 18.5. The number of carbonyl (C=O) groups excluding carboxylic acids is 2. The summed E-state index contributed by atoms with van der Waals surface area (Å²) in [5, 5.41) is 10.0. The van der Waals surface area contributed by atoms with Crippen LogP contribution in [0, 0.1) is 0 Å². The van der Waals surface area contributed by atoms with E-state index in [2.05, 4.69) is 0 Å². The Morgan fingerprint density at radius 1 is 1.12 bits per heavy atom. The predicted octanol–water partition coefficient (Wildman–Crippen LogP) is 0.359. The monoisotopic (exact) mass is 364 g/mol. The lowest BCUT2D eigenvalue weighted by Crippen LogP contribution is -2.53. The summed E-state index contributed by atoms with van der Waals surface area (Å²) in [6.07, 6.45) is 0. The van der Waals surface area contributed by atoms with E-state index in [4.69, 9.17) is 10.3 Å². The fraction of sp³-hybridized carbons (Fsp3) is 0.133. The Morgan fingerprint density at radius 2 is 1.72 bits per heavy atom. The van der Waals surface area contributed by atoms with Gasteiger partial charge in [0.05, 0.1) is 0 Å². The summed E-state index contributed by atoms with van der Waals surface area (Å²) in [7, 11) is -4.75. The minimum Gasteiger partial charge on any atom is -0.480 e. The molecule has 0 saturated carbocycles. The van der Waals surface area contributed by atoms with Gasteiger partial charge in [-0.3, -0.25) is 19.0 Å². The molecule has 0 aromatic heterocycles. The van der Waals surface area contributed by atoms with Gasteiger partial charge in [-0.25, -0.2) is 4.79 Å². The van der Waals surface area contributed by atoms with Crippen molar-refractivity contribution in [3.8, 4) is 0 Å². The van der Waals surface area contributed by atoms with Crippen LogP contribution < -0.4 is 5.73 Å². The van der Waals surface area contributed by atoms with Gasteiger partial charge in [0.15, 0.2) is 6.04 Å². The summed E-state index contributed by atoms with van der Waals surface area (Å²) in [5.41, 5.74) is 6.24. The van der Waals surface area contributed by atoms with Crippen molar-refractivity contribution in [3.63, 3.8) is 0 Å². The molecule has 0 fully saturated rings. The van der Waals surface area contributed by atoms with Crippen LogP contribution in [0.5, 0.6) is 0 Å². The number of carbonyl (C=O) groups is 3. The van der Waals surface area contributed by atoms with Crippen molar-refractivity contribution >= 4 is 44.4 Å². The number of benzene rings is 2. The van der Waals surface area contributed by atoms with Gasteiger partial charge in [-0.1, -0.05) is 12.1 Å². The molecule has 9 nitrogen and oxygen atoms in total. The smallest absolute Gasteiger partial charge is 0.328 e. The molecule has 130 valence electrons. The number of hydrogen-bond donors (Lipinski definition) is 3. The van der Waals surface area contributed by atoms with E-state index in [0.29, 0.717) is 16.0 Å². The first kappa shape index (κ1) is 16.9. The molecule has 10 heteroatoms. The molecule has 25 heavy (non-hydrogen) atoms. The van der Waals surface area contributed by atoms with Crippen LogP contribution in [0.15, 0.2) is 30.3 Å². The number of amides is 2. The van der Waals surface area contributed by atoms with Gasteiger partial charge in [-0.15, -0.1) is 0 Å². The molecule has 1 aliphatic rings. The molecule has 4 N–H and O–H groups in total. The van der Waals surface area contributed by atoms with E-state index in [1.165, 1.54) is 24.3 Å². The van der Waals surface area contributed by atoms with Crippen molar-refractivity contribution in [2.45, 2.75) is 6.04 Å². The highest BCUT2D eigenvalue weighted by Crippen LogP contribution is 2.34. The highest BCUT2D eigenvalue weighted by Gasteiger charge is 2.42. The first-order valence-corrected chi connectivity index (χ1v) is 8.60. The molecule has 1 unspecified atom stereocenters. The Hall–Kier alpha value is -2.98. The molecule has 0 bridgehead atoms. The molecule has 0 spiro atoms. The number of carboxylic acid groups (broad SMARTS) is 1. The molecule has 2 aromatic rings. The fourth-order valence-corrected chi connectivity index (χ4v) is 3.57. The first-order valence-electron chi connectivity index (χ1n) is 6.99. The first-order chi connectivity index (χ1) is 11.6. The number of nitrogen functional groups attached to an aromatic ring is 1. The Kier molecular flexibility index (Phi) is 3.73. The number of anilines is 1. The van der Waals surface area contributed by atoms with E-state index >= 15 is 0 Å². The Bertz CT molecular complexity index is 1020. The Balaban J connectivity index is 2.23. The van der Waals surface area contributed by atoms with Crippen molar-refractivity contribution in [1.82, 2.24) is 4.90 Å². The van der Waals surface area contributed by atoms with Gasteiger partial charge >= 0.3 is 5.97 Å². The topological polar surface area (TPSA) is 155 Å². The maximum absolute atomic E-state index is 12.7. The molecule has 3 rings (SSSR count). The van der Waals surface area contributed by atoms with Crippen LogP contribution in [0.4, 0.5) is 5.69 Å². The van der Waals surface area contributed by atoms with Crippen LogP contribution in [0.25, 0.3) is 10.8 Å². The molecule has 2 aromatic carbocycles. The lowest BCUT2D eigenvalue weighted by atomic mass is 9.92. The maximum Gasteiger partial charge on any atom is 0.328 e. The van der Waals surface area contributed by atoms with Gasteiger partial charge in [0, 0.05) is 27.6 Å². The highest BCUT2D eigenvalue weighted by molar-refractivity contribution is 7.85. The third-order valence-electron chi connectivity index (χ3n) is 3.94. The fourth-order valence-electron chi connectivity index (χ4n) is 2.88. The molecular weight excluding hydrogens is 352 g/mol. The lowest BCUT2D eigenvalue weighted by Gasteiger charge is -2.31. The number of hydrogen-bond acceptors (Lipinski definition) is 6. The van der Waals surface area contributed by atoms with E-state index in [0.717, 1.165) is 0 Å². The van der Waals surface area contributed by atoms with Gasteiger partial charge in [0.1, 0.15) is 5.75 Å². The third kappa shape index (κ3) is 2.71. The molecule has 0 radical (unpaired) electrons. The highest BCUT2D eigenvalue weighted by atomic mass is 32.2. The minimum atomic E-state index is -4.75. The average molecular weight is 364 g/mol. The summed E-state index contributed by atoms with van der Waals surface area (Å²) < 4.78 is 31.2. The standard InChI is InChI=1S/C15H12N2O7S/c16-10-5-4-9-12-7(10)2-1-3-8(12)13(18)17(14(9)19)11(15(20)21)6-25(22,23)24/h1-5,11H,6,16H2,(H,20,21)(H,22,23,24). The van der Waals surface area contributed by atoms with E-state index in [1.807, 2.05) is 0 Å². The van der Waals surface area contributed by atoms with E-state index in [9.17, 15) is 27.9 Å². The van der Waals surface area contributed by atoms with Crippen LogP contribution >= 0.6 is 0 Å². The second-order valence-corrected chi connectivity index (χ2v) is 7.01. The van der Waals surface area contributed by atoms with Crippen molar-refractivity contribution in [3.05, 3.63) is 41.5 Å². The molecule has 1 heterocycles. The summed E-state index contributed by atoms with van der Waals surface area (Å²) >= 11 is 0. The molecular formula is C15H12N2O7S. The Morgan fingerprint density at radius 3 is 2.28 bits per heavy atom. The number of nitrogens with zero attached hydrogens (tertiary/aromatic N) is 1. The zero-order valence-corrected chi connectivity index (χ0v) is 13.4. The normalized spacial score (nSPS) is 15.5. The van der Waals surface area contributed by atoms with E-state index < -0.39 is 39.7 Å². The van der Waals surface area contributed by atoms with Crippen molar-refractivity contribution in [2.75, 3.05) is 11.5 Å². The van der Waals surface area contributed by atoms with Crippen LogP contribution in [-0.2, 0) is 14.9 Å². The lowest BCUT2D eigenvalue weighted by molar-refractivity contribution is -0.140.